The predicted octanol–water partition coefficient (Wildman–Crippen LogP) is 0.858. The lowest BCUT2D eigenvalue weighted by molar-refractivity contribution is -0.121. The van der Waals surface area contributed by atoms with E-state index in [1.807, 2.05) is 20.2 Å². The third-order valence-corrected chi connectivity index (χ3v) is 3.99. The molecule has 112 valence electrons. The van der Waals surface area contributed by atoms with Gasteiger partial charge in [0.25, 0.3) is 0 Å². The minimum Gasteiger partial charge on any atom is -0.356 e. The SMILES string of the molecule is CCC(=O)NC1CCN(c2ncnc3c2cnn3C)CC1. The van der Waals surface area contributed by atoms with Gasteiger partial charge in [-0.3, -0.25) is 9.48 Å². The van der Waals surface area contributed by atoms with E-state index in [2.05, 4.69) is 25.3 Å². The molecular formula is C14H20N6O. The summed E-state index contributed by atoms with van der Waals surface area (Å²) in [4.78, 5) is 22.4. The highest BCUT2D eigenvalue weighted by atomic mass is 16.1. The molecule has 21 heavy (non-hydrogen) atoms. The molecule has 0 saturated carbocycles. The molecule has 1 amide bonds. The number of fused-ring (bicyclic) bond motifs is 1. The number of hydrogen-bond donors (Lipinski definition) is 1. The van der Waals surface area contributed by atoms with Crippen LogP contribution in [0.3, 0.4) is 0 Å². The standard InChI is InChI=1S/C14H20N6O/c1-3-12(21)18-10-4-6-20(7-5-10)14-11-8-17-19(2)13(11)15-9-16-14/h8-10H,3-7H2,1-2H3,(H,18,21). The molecule has 0 atom stereocenters. The summed E-state index contributed by atoms with van der Waals surface area (Å²) in [7, 11) is 1.88. The molecular weight excluding hydrogens is 268 g/mol. The van der Waals surface area contributed by atoms with Crippen LogP contribution in [0.2, 0.25) is 0 Å². The van der Waals surface area contributed by atoms with Crippen molar-refractivity contribution in [2.75, 3.05) is 18.0 Å². The van der Waals surface area contributed by atoms with Crippen LogP contribution in [0.15, 0.2) is 12.5 Å². The van der Waals surface area contributed by atoms with Gasteiger partial charge in [-0.15, -0.1) is 0 Å². The summed E-state index contributed by atoms with van der Waals surface area (Å²) in [6, 6.07) is 0.278. The fourth-order valence-electron chi connectivity index (χ4n) is 2.77. The van der Waals surface area contributed by atoms with Gasteiger partial charge in [0.05, 0.1) is 11.6 Å². The van der Waals surface area contributed by atoms with Gasteiger partial charge in [-0.25, -0.2) is 9.97 Å². The smallest absolute Gasteiger partial charge is 0.219 e. The number of carbonyl (C=O) groups excluding carboxylic acids is 1. The molecule has 0 aliphatic carbocycles. The quantitative estimate of drug-likeness (QED) is 0.906. The van der Waals surface area contributed by atoms with Gasteiger partial charge in [0.15, 0.2) is 5.65 Å². The van der Waals surface area contributed by atoms with Crippen molar-refractivity contribution in [2.24, 2.45) is 7.05 Å². The molecule has 0 radical (unpaired) electrons. The molecule has 0 bridgehead atoms. The highest BCUT2D eigenvalue weighted by Gasteiger charge is 2.23. The maximum atomic E-state index is 11.5. The van der Waals surface area contributed by atoms with Crippen molar-refractivity contribution in [3.8, 4) is 0 Å². The van der Waals surface area contributed by atoms with Crippen LogP contribution in [0.5, 0.6) is 0 Å². The maximum absolute atomic E-state index is 11.5. The van der Waals surface area contributed by atoms with E-state index in [1.54, 1.807) is 11.0 Å². The largest absolute Gasteiger partial charge is 0.356 e. The Morgan fingerprint density at radius 1 is 1.38 bits per heavy atom. The average molecular weight is 288 g/mol. The second-order valence-corrected chi connectivity index (χ2v) is 5.39. The maximum Gasteiger partial charge on any atom is 0.219 e. The van der Waals surface area contributed by atoms with Gasteiger partial charge in [0.2, 0.25) is 5.91 Å². The first-order valence-electron chi connectivity index (χ1n) is 7.36. The number of nitrogens with zero attached hydrogens (tertiary/aromatic N) is 5. The number of aromatic nitrogens is 4. The Hall–Kier alpha value is -2.18. The van der Waals surface area contributed by atoms with E-state index < -0.39 is 0 Å². The van der Waals surface area contributed by atoms with E-state index in [-0.39, 0.29) is 11.9 Å². The van der Waals surface area contributed by atoms with Crippen molar-refractivity contribution in [2.45, 2.75) is 32.2 Å². The normalized spacial score (nSPS) is 16.4. The molecule has 1 fully saturated rings. The number of piperidine rings is 1. The Morgan fingerprint density at radius 2 is 2.14 bits per heavy atom. The lowest BCUT2D eigenvalue weighted by Gasteiger charge is -2.33. The van der Waals surface area contributed by atoms with Crippen molar-refractivity contribution in [3.63, 3.8) is 0 Å². The Morgan fingerprint density at radius 3 is 2.86 bits per heavy atom. The van der Waals surface area contributed by atoms with Gasteiger partial charge in [-0.2, -0.15) is 5.10 Å². The van der Waals surface area contributed by atoms with Gasteiger partial charge in [0, 0.05) is 32.6 Å². The van der Waals surface area contributed by atoms with Gasteiger partial charge in [-0.1, -0.05) is 6.92 Å². The van der Waals surface area contributed by atoms with Crippen LogP contribution in [0.25, 0.3) is 11.0 Å². The second kappa shape index (κ2) is 5.67. The molecule has 0 unspecified atom stereocenters. The van der Waals surface area contributed by atoms with Gasteiger partial charge in [-0.05, 0) is 12.8 Å². The molecule has 1 saturated heterocycles. The van der Waals surface area contributed by atoms with Gasteiger partial charge >= 0.3 is 0 Å². The third-order valence-electron chi connectivity index (χ3n) is 3.99. The monoisotopic (exact) mass is 288 g/mol. The van der Waals surface area contributed by atoms with E-state index in [1.165, 1.54) is 0 Å². The molecule has 1 aliphatic heterocycles. The van der Waals surface area contributed by atoms with E-state index in [9.17, 15) is 4.79 Å². The third kappa shape index (κ3) is 2.68. The van der Waals surface area contributed by atoms with E-state index in [0.29, 0.717) is 6.42 Å². The lowest BCUT2D eigenvalue weighted by atomic mass is 10.0. The van der Waals surface area contributed by atoms with E-state index in [4.69, 9.17) is 0 Å². The second-order valence-electron chi connectivity index (χ2n) is 5.39. The van der Waals surface area contributed by atoms with Crippen molar-refractivity contribution in [1.82, 2.24) is 25.1 Å². The van der Waals surface area contributed by atoms with Crippen molar-refractivity contribution < 1.29 is 4.79 Å². The minimum atomic E-state index is 0.130. The molecule has 0 aromatic carbocycles. The molecule has 0 spiro atoms. The van der Waals surface area contributed by atoms with Crippen LogP contribution in [0.1, 0.15) is 26.2 Å². The van der Waals surface area contributed by atoms with Crippen molar-refractivity contribution in [1.29, 1.82) is 0 Å². The topological polar surface area (TPSA) is 75.9 Å². The zero-order valence-electron chi connectivity index (χ0n) is 12.4. The Kier molecular flexibility index (Phi) is 3.72. The zero-order chi connectivity index (χ0) is 14.8. The van der Waals surface area contributed by atoms with Crippen molar-refractivity contribution in [3.05, 3.63) is 12.5 Å². The number of rotatable bonds is 3. The van der Waals surface area contributed by atoms with Crippen LogP contribution in [-0.2, 0) is 11.8 Å². The first-order chi connectivity index (χ1) is 10.2. The predicted molar refractivity (Wildman–Crippen MR) is 80.0 cm³/mol. The average Bonchev–Trinajstić information content (AvgIpc) is 2.90. The molecule has 7 heteroatoms. The number of hydrogen-bond acceptors (Lipinski definition) is 5. The summed E-state index contributed by atoms with van der Waals surface area (Å²) >= 11 is 0. The summed E-state index contributed by atoms with van der Waals surface area (Å²) in [6.07, 6.45) is 5.83. The summed E-state index contributed by atoms with van der Waals surface area (Å²) < 4.78 is 1.76. The molecule has 1 N–H and O–H groups in total. The molecule has 2 aromatic heterocycles. The fraction of sp³-hybridized carbons (Fsp3) is 0.571. The van der Waals surface area contributed by atoms with Crippen LogP contribution in [0.4, 0.5) is 5.82 Å². The van der Waals surface area contributed by atoms with E-state index >= 15 is 0 Å². The molecule has 7 nitrogen and oxygen atoms in total. The number of nitrogens with one attached hydrogen (secondary N) is 1. The summed E-state index contributed by atoms with van der Waals surface area (Å²) in [5.41, 5.74) is 0.849. The number of carbonyl (C=O) groups is 1. The lowest BCUT2D eigenvalue weighted by Crippen LogP contribution is -2.44. The first-order valence-corrected chi connectivity index (χ1v) is 7.36. The van der Waals surface area contributed by atoms with Gasteiger partial charge < -0.3 is 10.2 Å². The summed E-state index contributed by atoms with van der Waals surface area (Å²) in [5.74, 6) is 1.07. The number of anilines is 1. The molecule has 1 aliphatic rings. The molecule has 3 heterocycles. The molecule has 2 aromatic rings. The highest BCUT2D eigenvalue weighted by Crippen LogP contribution is 2.25. The molecule has 3 rings (SSSR count). The van der Waals surface area contributed by atoms with Crippen LogP contribution < -0.4 is 10.2 Å². The summed E-state index contributed by atoms with van der Waals surface area (Å²) in [5, 5.41) is 8.30. The Labute approximate surface area is 123 Å². The Bertz CT molecular complexity index is 644. The van der Waals surface area contributed by atoms with Crippen LogP contribution in [0, 0.1) is 0 Å². The minimum absolute atomic E-state index is 0.130. The van der Waals surface area contributed by atoms with Crippen molar-refractivity contribution >= 4 is 22.8 Å². The van der Waals surface area contributed by atoms with Crippen LogP contribution in [-0.4, -0.2) is 44.8 Å². The zero-order valence-corrected chi connectivity index (χ0v) is 12.4. The highest BCUT2D eigenvalue weighted by molar-refractivity contribution is 5.86. The first kappa shape index (κ1) is 13.8. The Balaban J connectivity index is 1.72. The number of aryl methyl sites for hydroxylation is 1. The summed E-state index contributed by atoms with van der Waals surface area (Å²) in [6.45, 7) is 3.65. The fourth-order valence-corrected chi connectivity index (χ4v) is 2.77. The van der Waals surface area contributed by atoms with E-state index in [0.717, 1.165) is 42.8 Å². The van der Waals surface area contributed by atoms with Gasteiger partial charge in [0.1, 0.15) is 12.1 Å². The number of amides is 1. The van der Waals surface area contributed by atoms with Crippen LogP contribution >= 0.6 is 0 Å².